The molecule has 1 aromatic carbocycles. The predicted octanol–water partition coefficient (Wildman–Crippen LogP) is 2.54. The summed E-state index contributed by atoms with van der Waals surface area (Å²) < 4.78 is 31.1. The van der Waals surface area contributed by atoms with Crippen LogP contribution in [0, 0.1) is 18.7 Å². The monoisotopic (exact) mass is 432 g/mol. The fourth-order valence-electron chi connectivity index (χ4n) is 5.29. The van der Waals surface area contributed by atoms with E-state index in [-0.39, 0.29) is 17.5 Å². The Balaban J connectivity index is 1.72. The van der Waals surface area contributed by atoms with Crippen molar-refractivity contribution >= 4 is 28.2 Å². The van der Waals surface area contributed by atoms with Crippen LogP contribution in [0.25, 0.3) is 10.9 Å². The predicted molar refractivity (Wildman–Crippen MR) is 114 cm³/mol. The van der Waals surface area contributed by atoms with Gasteiger partial charge < -0.3 is 20.3 Å². The van der Waals surface area contributed by atoms with E-state index in [9.17, 15) is 19.1 Å². The zero-order valence-electron chi connectivity index (χ0n) is 17.6. The molecule has 3 fully saturated rings. The number of aryl methyl sites for hydroxylation is 1. The van der Waals surface area contributed by atoms with Crippen LogP contribution in [0.15, 0.2) is 11.0 Å². The summed E-state index contributed by atoms with van der Waals surface area (Å²) in [6, 6.07) is -0.261. The number of likely N-dealkylation sites (tertiary alicyclic amines) is 1. The van der Waals surface area contributed by atoms with Gasteiger partial charge in [-0.3, -0.25) is 9.69 Å². The molecule has 3 aliphatic rings. The number of hydrogen-bond donors (Lipinski definition) is 2. The maximum atomic E-state index is 15.6. The van der Waals surface area contributed by atoms with Gasteiger partial charge in [-0.15, -0.1) is 0 Å². The molecule has 4 unspecified atom stereocenters. The minimum atomic E-state index is -1.44. The third-order valence-corrected chi connectivity index (χ3v) is 7.18. The van der Waals surface area contributed by atoms with Crippen molar-refractivity contribution in [3.8, 4) is 0 Å². The van der Waals surface area contributed by atoms with Gasteiger partial charge in [0.15, 0.2) is 5.82 Å². The Bertz CT molecular complexity index is 1160. The summed E-state index contributed by atoms with van der Waals surface area (Å²) in [4.78, 5) is 28.9. The van der Waals surface area contributed by atoms with Crippen LogP contribution in [-0.2, 0) is 0 Å². The van der Waals surface area contributed by atoms with Gasteiger partial charge >= 0.3 is 5.97 Å². The Morgan fingerprint density at radius 1 is 1.26 bits per heavy atom. The van der Waals surface area contributed by atoms with Crippen LogP contribution in [0.4, 0.5) is 20.2 Å². The lowest BCUT2D eigenvalue weighted by atomic mass is 10.0. The molecule has 0 amide bonds. The molecule has 3 N–H and O–H groups in total. The number of aromatic nitrogens is 1. The Kier molecular flexibility index (Phi) is 4.51. The van der Waals surface area contributed by atoms with Crippen molar-refractivity contribution in [2.24, 2.45) is 5.92 Å². The third-order valence-electron chi connectivity index (χ3n) is 7.18. The van der Waals surface area contributed by atoms with Crippen LogP contribution in [0.5, 0.6) is 0 Å². The van der Waals surface area contributed by atoms with Gasteiger partial charge in [-0.25, -0.2) is 13.6 Å². The van der Waals surface area contributed by atoms with E-state index in [4.69, 9.17) is 5.73 Å². The largest absolute Gasteiger partial charge is 0.477 e. The second-order valence-electron chi connectivity index (χ2n) is 9.17. The number of hydrogen-bond acceptors (Lipinski definition) is 5. The first kappa shape index (κ1) is 20.2. The smallest absolute Gasteiger partial charge is 0.341 e. The van der Waals surface area contributed by atoms with Crippen molar-refractivity contribution in [1.29, 1.82) is 0 Å². The summed E-state index contributed by atoms with van der Waals surface area (Å²) in [5, 5.41) is 9.28. The number of nitrogens with two attached hydrogens (primary N) is 1. The molecule has 2 aromatic rings. The van der Waals surface area contributed by atoms with E-state index in [1.807, 2.05) is 4.90 Å². The molecule has 4 atom stereocenters. The summed E-state index contributed by atoms with van der Waals surface area (Å²) in [7, 11) is 0. The molecule has 166 valence electrons. The molecule has 9 heteroatoms. The quantitative estimate of drug-likeness (QED) is 0.722. The molecule has 7 nitrogen and oxygen atoms in total. The van der Waals surface area contributed by atoms with Crippen molar-refractivity contribution in [3.05, 3.63) is 33.4 Å². The lowest BCUT2D eigenvalue weighted by molar-refractivity contribution is 0.0694. The highest BCUT2D eigenvalue weighted by Crippen LogP contribution is 2.44. The van der Waals surface area contributed by atoms with E-state index in [1.165, 1.54) is 17.2 Å². The number of carboxylic acids is 1. The standard InChI is InChI=1S/C22H26F2N4O3/c1-10-7-27(9-15(10)26-4-3-5-26)20-11(2)19-16(18(25)17(20)24)21(29)12(22(30)31)8-28(19)14-6-13(14)23/h8,10,13-15H,3-7,9,25H2,1-2H3,(H,30,31). The van der Waals surface area contributed by atoms with E-state index in [1.54, 1.807) is 6.92 Å². The highest BCUT2D eigenvalue weighted by atomic mass is 19.1. The van der Waals surface area contributed by atoms with E-state index in [0.29, 0.717) is 41.8 Å². The molecule has 0 radical (unpaired) electrons. The first-order valence-corrected chi connectivity index (χ1v) is 10.7. The normalized spacial score (nSPS) is 28.2. The molecule has 3 heterocycles. The highest BCUT2D eigenvalue weighted by Gasteiger charge is 2.42. The van der Waals surface area contributed by atoms with Gasteiger partial charge in [0.1, 0.15) is 11.7 Å². The average molecular weight is 432 g/mol. The number of nitrogens with zero attached hydrogens (tertiary/aromatic N) is 3. The van der Waals surface area contributed by atoms with Crippen LogP contribution in [0.3, 0.4) is 0 Å². The minimum absolute atomic E-state index is 0.177. The molecular weight excluding hydrogens is 406 g/mol. The SMILES string of the molecule is Cc1c(N2CC(C)C(N3CCC3)C2)c(F)c(N)c2c(=O)c(C(=O)O)cn(C3CC3F)c12. The number of carboxylic acid groups (broad SMARTS) is 1. The Labute approximate surface area is 178 Å². The topological polar surface area (TPSA) is 91.8 Å². The van der Waals surface area contributed by atoms with Crippen molar-refractivity contribution in [2.45, 2.75) is 44.9 Å². The molecule has 0 spiro atoms. The molecule has 2 aliphatic heterocycles. The first-order chi connectivity index (χ1) is 14.7. The summed E-state index contributed by atoms with van der Waals surface area (Å²) >= 11 is 0. The zero-order chi connectivity index (χ0) is 22.2. The van der Waals surface area contributed by atoms with Gasteiger partial charge in [-0.1, -0.05) is 6.92 Å². The summed E-state index contributed by atoms with van der Waals surface area (Å²) in [5.74, 6) is -1.81. The second kappa shape index (κ2) is 6.91. The van der Waals surface area contributed by atoms with Crippen LogP contribution in [-0.4, -0.2) is 58.9 Å². The van der Waals surface area contributed by atoms with E-state index in [0.717, 1.165) is 13.1 Å². The number of rotatable bonds is 4. The number of nitrogen functional groups attached to an aromatic ring is 1. The van der Waals surface area contributed by atoms with Crippen molar-refractivity contribution in [3.63, 3.8) is 0 Å². The van der Waals surface area contributed by atoms with Gasteiger partial charge in [0, 0.05) is 31.7 Å². The number of benzene rings is 1. The maximum absolute atomic E-state index is 15.6. The Morgan fingerprint density at radius 3 is 2.48 bits per heavy atom. The number of fused-ring (bicyclic) bond motifs is 1. The number of pyridine rings is 1. The lowest BCUT2D eigenvalue weighted by Crippen LogP contribution is -2.48. The molecule has 0 bridgehead atoms. The number of halogens is 2. The molecule has 5 rings (SSSR count). The zero-order valence-corrected chi connectivity index (χ0v) is 17.6. The van der Waals surface area contributed by atoms with Crippen LogP contribution in [0.1, 0.15) is 41.7 Å². The van der Waals surface area contributed by atoms with Crippen molar-refractivity contribution in [1.82, 2.24) is 9.47 Å². The van der Waals surface area contributed by atoms with E-state index < -0.39 is 35.0 Å². The maximum Gasteiger partial charge on any atom is 0.341 e. The Hall–Kier alpha value is -2.68. The molecule has 1 saturated carbocycles. The third kappa shape index (κ3) is 2.93. The van der Waals surface area contributed by atoms with Crippen molar-refractivity contribution in [2.75, 3.05) is 36.8 Å². The fraction of sp³-hybridized carbons (Fsp3) is 0.545. The lowest BCUT2D eigenvalue weighted by Gasteiger charge is -2.38. The van der Waals surface area contributed by atoms with Gasteiger partial charge in [0.25, 0.3) is 0 Å². The number of aromatic carboxylic acids is 1. The minimum Gasteiger partial charge on any atom is -0.477 e. The number of carbonyl (C=O) groups is 1. The van der Waals surface area contributed by atoms with Crippen LogP contribution >= 0.6 is 0 Å². The fourth-order valence-corrected chi connectivity index (χ4v) is 5.29. The first-order valence-electron chi connectivity index (χ1n) is 10.7. The van der Waals surface area contributed by atoms with Crippen molar-refractivity contribution < 1.29 is 18.7 Å². The molecule has 1 aliphatic carbocycles. The van der Waals surface area contributed by atoms with Gasteiger partial charge in [-0.05, 0) is 37.9 Å². The van der Waals surface area contributed by atoms with E-state index in [2.05, 4.69) is 11.8 Å². The van der Waals surface area contributed by atoms with Gasteiger partial charge in [0.2, 0.25) is 5.43 Å². The van der Waals surface area contributed by atoms with E-state index >= 15 is 4.39 Å². The molecular formula is C22H26F2N4O3. The summed E-state index contributed by atoms with van der Waals surface area (Å²) in [6.07, 6.45) is 1.44. The average Bonchev–Trinajstić information content (AvgIpc) is 3.28. The van der Waals surface area contributed by atoms with Gasteiger partial charge in [-0.2, -0.15) is 0 Å². The Morgan fingerprint density at radius 2 is 1.94 bits per heavy atom. The summed E-state index contributed by atoms with van der Waals surface area (Å²) in [6.45, 7) is 7.23. The number of anilines is 2. The molecule has 31 heavy (non-hydrogen) atoms. The van der Waals surface area contributed by atoms with Crippen LogP contribution in [0.2, 0.25) is 0 Å². The summed E-state index contributed by atoms with van der Waals surface area (Å²) in [5.41, 5.74) is 5.51. The van der Waals surface area contributed by atoms with Crippen LogP contribution < -0.4 is 16.1 Å². The highest BCUT2D eigenvalue weighted by molar-refractivity contribution is 6.01. The molecule has 2 saturated heterocycles. The second-order valence-corrected chi connectivity index (χ2v) is 9.17. The molecule has 1 aromatic heterocycles. The number of alkyl halides is 1. The van der Waals surface area contributed by atoms with Gasteiger partial charge in [0.05, 0.1) is 28.3 Å².